The van der Waals surface area contributed by atoms with Crippen LogP contribution in [0.5, 0.6) is 5.88 Å². The van der Waals surface area contributed by atoms with E-state index in [4.69, 9.17) is 21.1 Å². The summed E-state index contributed by atoms with van der Waals surface area (Å²) in [6.45, 7) is 2.38. The highest BCUT2D eigenvalue weighted by molar-refractivity contribution is 7.90. The van der Waals surface area contributed by atoms with Gasteiger partial charge in [0.2, 0.25) is 21.8 Å². The molecule has 1 aromatic heterocycles. The Kier molecular flexibility index (Phi) is 11.5. The van der Waals surface area contributed by atoms with Crippen LogP contribution in [0.1, 0.15) is 122 Å². The van der Waals surface area contributed by atoms with Crippen LogP contribution >= 0.6 is 11.6 Å². The number of nitrogens with zero attached hydrogens (tertiary/aromatic N) is 2. The molecule has 0 unspecified atom stereocenters. The van der Waals surface area contributed by atoms with Crippen LogP contribution in [0.2, 0.25) is 5.02 Å². The number of esters is 1. The molecule has 4 saturated carbocycles. The third-order valence-electron chi connectivity index (χ3n) is 14.1. The molecule has 1 saturated heterocycles. The van der Waals surface area contributed by atoms with E-state index in [1.54, 1.807) is 33.7 Å². The van der Waals surface area contributed by atoms with Crippen molar-refractivity contribution in [3.05, 3.63) is 39.6 Å². The Balaban J connectivity index is 1.14. The van der Waals surface area contributed by atoms with E-state index in [9.17, 15) is 32.4 Å². The maximum atomic E-state index is 15.0. The molecule has 1 N–H and O–H groups in total. The van der Waals surface area contributed by atoms with Crippen molar-refractivity contribution < 1.29 is 37.1 Å². The van der Waals surface area contributed by atoms with Gasteiger partial charge in [-0.1, -0.05) is 50.6 Å². The summed E-state index contributed by atoms with van der Waals surface area (Å²) in [5.74, 6) is -1.96. The van der Waals surface area contributed by atoms with E-state index >= 15 is 0 Å². The first-order valence-electron chi connectivity index (χ1n) is 21.5. The lowest BCUT2D eigenvalue weighted by Crippen LogP contribution is -2.47. The maximum Gasteiger partial charge on any atom is 0.306 e. The molecule has 1 aromatic carbocycles. The van der Waals surface area contributed by atoms with Gasteiger partial charge in [0.05, 0.1) is 35.6 Å². The van der Waals surface area contributed by atoms with Gasteiger partial charge in [-0.2, -0.15) is 0 Å². The number of fused-ring (bicyclic) bond motifs is 5. The number of amides is 2. The molecule has 2 aliphatic heterocycles. The molecule has 2 aromatic rings. The summed E-state index contributed by atoms with van der Waals surface area (Å²) in [4.78, 5) is 72.7. The van der Waals surface area contributed by atoms with Crippen LogP contribution in [-0.4, -0.2) is 71.5 Å². The van der Waals surface area contributed by atoms with E-state index in [2.05, 4.69) is 4.72 Å². The van der Waals surface area contributed by atoms with Crippen molar-refractivity contribution in [2.75, 3.05) is 6.54 Å². The second-order valence-electron chi connectivity index (χ2n) is 17.9. The fraction of sp³-hybridized carbons (Fsp3) is 0.698. The number of sulfonamides is 1. The van der Waals surface area contributed by atoms with Gasteiger partial charge >= 0.3 is 5.97 Å². The van der Waals surface area contributed by atoms with Crippen molar-refractivity contribution in [3.63, 3.8) is 0 Å². The van der Waals surface area contributed by atoms with Crippen molar-refractivity contribution in [1.82, 2.24) is 14.2 Å². The third-order valence-corrected chi connectivity index (χ3v) is 16.2. The smallest absolute Gasteiger partial charge is 0.306 e. The van der Waals surface area contributed by atoms with E-state index in [0.717, 1.165) is 70.6 Å². The van der Waals surface area contributed by atoms with Crippen LogP contribution < -0.4 is 15.0 Å². The van der Waals surface area contributed by atoms with Crippen molar-refractivity contribution in [2.24, 2.45) is 29.1 Å². The largest absolute Gasteiger partial charge is 0.473 e. The average Bonchev–Trinajstić information content (AvgIpc) is 3.96. The third kappa shape index (κ3) is 8.38. The van der Waals surface area contributed by atoms with E-state index in [1.165, 1.54) is 0 Å². The first kappa shape index (κ1) is 40.3. The topological polar surface area (TPSA) is 158 Å². The van der Waals surface area contributed by atoms with E-state index in [-0.39, 0.29) is 72.9 Å². The molecule has 310 valence electrons. The normalized spacial score (nSPS) is 31.5. The van der Waals surface area contributed by atoms with E-state index in [0.29, 0.717) is 53.9 Å². The van der Waals surface area contributed by atoms with Gasteiger partial charge in [-0.25, -0.2) is 8.42 Å². The number of carbonyl (C=O) groups excluding carboxylic acids is 4. The number of rotatable bonds is 8. The Hall–Kier alpha value is -3.45. The van der Waals surface area contributed by atoms with Gasteiger partial charge in [0.1, 0.15) is 12.2 Å². The highest BCUT2D eigenvalue weighted by Gasteiger charge is 2.62. The van der Waals surface area contributed by atoms with Crippen molar-refractivity contribution in [2.45, 2.75) is 153 Å². The minimum absolute atomic E-state index is 0.0428. The number of halogens is 1. The minimum Gasteiger partial charge on any atom is -0.473 e. The summed E-state index contributed by atoms with van der Waals surface area (Å²) in [6, 6.07) is 5.97. The first-order chi connectivity index (χ1) is 27.4. The Bertz CT molecular complexity index is 2080. The summed E-state index contributed by atoms with van der Waals surface area (Å²) >= 11 is 6.36. The van der Waals surface area contributed by atoms with E-state index in [1.807, 2.05) is 6.92 Å². The summed E-state index contributed by atoms with van der Waals surface area (Å²) in [5.41, 5.74) is -1.39. The fourth-order valence-electron chi connectivity index (χ4n) is 10.6. The van der Waals surface area contributed by atoms with Crippen LogP contribution in [0, 0.1) is 29.1 Å². The van der Waals surface area contributed by atoms with E-state index < -0.39 is 44.7 Å². The fourth-order valence-corrected chi connectivity index (χ4v) is 12.2. The summed E-state index contributed by atoms with van der Waals surface area (Å²) in [5, 5.41) is 1.03. The number of aromatic nitrogens is 1. The monoisotopic (exact) mass is 825 g/mol. The number of ketones is 1. The molecule has 12 nitrogen and oxygen atoms in total. The molecular weight excluding hydrogens is 770 g/mol. The number of Topliss-reactive ketones (excluding diaryl/α,β-unsaturated/α-hetero) is 1. The van der Waals surface area contributed by atoms with Crippen molar-refractivity contribution in [1.29, 1.82) is 0 Å². The van der Waals surface area contributed by atoms with Crippen LogP contribution in [0.25, 0.3) is 10.8 Å². The number of hydrogen-bond donors (Lipinski definition) is 1. The average molecular weight is 826 g/mol. The number of ether oxygens (including phenoxy) is 2. The zero-order valence-electron chi connectivity index (χ0n) is 32.9. The molecule has 7 atom stereocenters. The lowest BCUT2D eigenvalue weighted by atomic mass is 9.86. The Morgan fingerprint density at radius 3 is 2.39 bits per heavy atom. The number of nitrogens with one attached hydrogen (secondary N) is 1. The Labute approximate surface area is 339 Å². The number of hydrogen-bond acceptors (Lipinski definition) is 9. The zero-order valence-corrected chi connectivity index (χ0v) is 34.5. The van der Waals surface area contributed by atoms with Gasteiger partial charge in [-0.15, -0.1) is 0 Å². The molecule has 2 bridgehead atoms. The van der Waals surface area contributed by atoms with Gasteiger partial charge in [-0.05, 0) is 106 Å². The van der Waals surface area contributed by atoms with Gasteiger partial charge < -0.3 is 14.4 Å². The summed E-state index contributed by atoms with van der Waals surface area (Å²) < 4.78 is 42.5. The van der Waals surface area contributed by atoms with Crippen LogP contribution in [0.15, 0.2) is 29.1 Å². The maximum absolute atomic E-state index is 15.0. The van der Waals surface area contributed by atoms with Crippen LogP contribution in [0.3, 0.4) is 0 Å². The van der Waals surface area contributed by atoms with Crippen LogP contribution in [-0.2, 0) is 40.5 Å². The molecule has 5 fully saturated rings. The lowest BCUT2D eigenvalue weighted by Gasteiger charge is -2.31. The molecule has 4 aliphatic carbocycles. The molecule has 57 heavy (non-hydrogen) atoms. The zero-order chi connectivity index (χ0) is 40.1. The van der Waals surface area contributed by atoms with Gasteiger partial charge in [0.25, 0.3) is 5.56 Å². The number of pyridine rings is 1. The van der Waals surface area contributed by atoms with Crippen LogP contribution in [0.4, 0.5) is 0 Å². The Morgan fingerprint density at radius 1 is 0.912 bits per heavy atom. The molecule has 14 heteroatoms. The molecular formula is C43H56ClN3O9S. The second-order valence-corrected chi connectivity index (χ2v) is 20.3. The molecule has 0 radical (unpaired) electrons. The first-order valence-corrected chi connectivity index (χ1v) is 23.4. The lowest BCUT2D eigenvalue weighted by molar-refractivity contribution is -0.156. The minimum atomic E-state index is -3.83. The highest BCUT2D eigenvalue weighted by Crippen LogP contribution is 2.58. The molecule has 6 aliphatic rings. The molecule has 2 amide bonds. The number of carbonyl (C=O) groups is 4. The van der Waals surface area contributed by atoms with Crippen molar-refractivity contribution >= 4 is 56.0 Å². The molecule has 8 rings (SSSR count). The predicted molar refractivity (Wildman–Crippen MR) is 214 cm³/mol. The summed E-state index contributed by atoms with van der Waals surface area (Å²) in [6.07, 6.45) is 10.7. The second kappa shape index (κ2) is 16.3. The molecule has 3 heterocycles. The standard InChI is InChI=1S/C43H56ClN3O9S/c1-2-29-23-43(29,42(52)45-57(53,54)32-15-16-32)24-36(48)35-21-31-25-47(35)41(51)34(26-9-5-6-10-26)22-39(49)56-37-13-8-12-27(37)11-4-3-7-18-46-38(55-31)20-28-19-30(44)14-17-33(28)40(46)50/h14,17,19-20,26-27,29,31-32,34-35,37H,2-13,15-16,18,21-25H2,1H3,(H,45,52)/t27-,29+,31-,34+,35+,37-,43-/m1/s1. The van der Waals surface area contributed by atoms with Gasteiger partial charge in [0.15, 0.2) is 11.7 Å². The van der Waals surface area contributed by atoms with Crippen molar-refractivity contribution in [3.8, 4) is 5.88 Å². The Morgan fingerprint density at radius 2 is 1.65 bits per heavy atom. The van der Waals surface area contributed by atoms with Gasteiger partial charge in [-0.3, -0.25) is 33.3 Å². The number of benzene rings is 1. The SMILES string of the molecule is CC[C@H]1C[C@]1(CC(=O)[C@@H]1C[C@@H]2CN1C(=O)[C@H](C1CCCC1)CC(=O)O[C@@H]1CCC[C@H]1CCCCCn1c(cc3cc(Cl)ccc3c1=O)O2)C(=O)NS(=O)(=O)C1CC1. The van der Waals surface area contributed by atoms with Gasteiger partial charge in [0, 0.05) is 35.9 Å². The quantitative estimate of drug-likeness (QED) is 0.295. The molecule has 0 spiro atoms. The summed E-state index contributed by atoms with van der Waals surface area (Å²) in [7, 11) is -3.83. The highest BCUT2D eigenvalue weighted by atomic mass is 35.5. The predicted octanol–water partition coefficient (Wildman–Crippen LogP) is 6.47.